The molecule has 0 saturated carbocycles. The van der Waals surface area contributed by atoms with Gasteiger partial charge in [-0.25, -0.2) is 0 Å². The maximum Gasteiger partial charge on any atom is 0.257 e. The minimum atomic E-state index is -0.0474. The summed E-state index contributed by atoms with van der Waals surface area (Å²) < 4.78 is 0. The number of halogens is 1. The summed E-state index contributed by atoms with van der Waals surface area (Å²) in [5.41, 5.74) is 1.42. The molecule has 2 fully saturated rings. The molecule has 0 aliphatic carbocycles. The fourth-order valence-corrected chi connectivity index (χ4v) is 3.26. The Kier molecular flexibility index (Phi) is 5.67. The van der Waals surface area contributed by atoms with Crippen molar-refractivity contribution >= 4 is 18.3 Å². The fraction of sp³-hybridized carbons (Fsp3) is 0.562. The molecule has 0 radical (unpaired) electrons. The summed E-state index contributed by atoms with van der Waals surface area (Å²) in [4.78, 5) is 16.9. The smallest absolute Gasteiger partial charge is 0.257 e. The third-order valence-electron chi connectivity index (χ3n) is 4.50. The van der Waals surface area contributed by atoms with Gasteiger partial charge in [0.15, 0.2) is 0 Å². The van der Waals surface area contributed by atoms with Gasteiger partial charge in [0.2, 0.25) is 0 Å². The van der Waals surface area contributed by atoms with Gasteiger partial charge in [-0.2, -0.15) is 0 Å². The van der Waals surface area contributed by atoms with Crippen molar-refractivity contribution in [2.24, 2.45) is 0 Å². The van der Waals surface area contributed by atoms with Crippen molar-refractivity contribution < 1.29 is 9.90 Å². The van der Waals surface area contributed by atoms with E-state index in [0.29, 0.717) is 11.6 Å². The van der Waals surface area contributed by atoms with E-state index in [4.69, 9.17) is 0 Å². The first-order chi connectivity index (χ1) is 10.1. The highest BCUT2D eigenvalue weighted by atomic mass is 35.5. The number of likely N-dealkylation sites (tertiary alicyclic amines) is 1. The van der Waals surface area contributed by atoms with Crippen LogP contribution >= 0.6 is 12.4 Å². The first kappa shape index (κ1) is 17.1. The van der Waals surface area contributed by atoms with E-state index in [2.05, 4.69) is 10.2 Å². The zero-order valence-corrected chi connectivity index (χ0v) is 13.7. The molecule has 122 valence electrons. The molecule has 0 bridgehead atoms. The van der Waals surface area contributed by atoms with E-state index in [9.17, 15) is 9.90 Å². The Labute approximate surface area is 137 Å². The average Bonchev–Trinajstić information content (AvgIpc) is 3.00. The molecule has 5 nitrogen and oxygen atoms in total. The third kappa shape index (κ3) is 3.54. The first-order valence-corrected chi connectivity index (χ1v) is 7.69. The van der Waals surface area contributed by atoms with E-state index in [-0.39, 0.29) is 24.1 Å². The minimum Gasteiger partial charge on any atom is -0.507 e. The summed E-state index contributed by atoms with van der Waals surface area (Å²) in [6, 6.07) is 5.66. The molecule has 1 aromatic rings. The van der Waals surface area contributed by atoms with Crippen LogP contribution in [0.2, 0.25) is 0 Å². The molecular weight excluding hydrogens is 302 g/mol. The van der Waals surface area contributed by atoms with Gasteiger partial charge in [-0.05, 0) is 25.5 Å². The number of carbonyl (C=O) groups excluding carboxylic acids is 1. The number of piperazine rings is 1. The Hall–Kier alpha value is -1.30. The van der Waals surface area contributed by atoms with E-state index in [1.54, 1.807) is 12.1 Å². The van der Waals surface area contributed by atoms with Gasteiger partial charge >= 0.3 is 0 Å². The molecule has 2 saturated heterocycles. The average molecular weight is 326 g/mol. The zero-order chi connectivity index (χ0) is 14.8. The minimum absolute atomic E-state index is 0. The molecular formula is C16H24ClN3O2. The van der Waals surface area contributed by atoms with Gasteiger partial charge < -0.3 is 15.3 Å². The van der Waals surface area contributed by atoms with Crippen LogP contribution in [-0.4, -0.2) is 66.1 Å². The highest BCUT2D eigenvalue weighted by Crippen LogP contribution is 2.24. The number of carbonyl (C=O) groups is 1. The molecule has 1 unspecified atom stereocenters. The summed E-state index contributed by atoms with van der Waals surface area (Å²) in [7, 11) is 0. The van der Waals surface area contributed by atoms with Crippen LogP contribution in [0, 0.1) is 6.92 Å². The Morgan fingerprint density at radius 1 is 1.27 bits per heavy atom. The lowest BCUT2D eigenvalue weighted by Gasteiger charge is -2.32. The quantitative estimate of drug-likeness (QED) is 0.859. The van der Waals surface area contributed by atoms with E-state index in [1.165, 1.54) is 0 Å². The number of amides is 1. The Morgan fingerprint density at radius 2 is 2.00 bits per heavy atom. The predicted octanol–water partition coefficient (Wildman–Crippen LogP) is 1.24. The molecule has 2 aliphatic rings. The van der Waals surface area contributed by atoms with E-state index in [0.717, 1.165) is 51.3 Å². The summed E-state index contributed by atoms with van der Waals surface area (Å²) in [6.07, 6.45) is 1.03. The van der Waals surface area contributed by atoms with Gasteiger partial charge in [-0.3, -0.25) is 9.69 Å². The molecule has 0 spiro atoms. The largest absolute Gasteiger partial charge is 0.507 e. The number of aryl methyl sites for hydroxylation is 1. The number of phenolic OH excluding ortho intramolecular Hbond substituents is 1. The Morgan fingerprint density at radius 3 is 2.73 bits per heavy atom. The SMILES string of the molecule is Cc1ccc(O)c(C(=O)N2CCC(N3CCNCC3)C2)c1.Cl. The first-order valence-electron chi connectivity index (χ1n) is 7.69. The van der Waals surface area contributed by atoms with Crippen molar-refractivity contribution in [3.63, 3.8) is 0 Å². The van der Waals surface area contributed by atoms with Crippen molar-refractivity contribution in [2.75, 3.05) is 39.3 Å². The lowest BCUT2D eigenvalue weighted by molar-refractivity contribution is 0.0770. The summed E-state index contributed by atoms with van der Waals surface area (Å²) in [6.45, 7) is 7.66. The van der Waals surface area contributed by atoms with E-state index >= 15 is 0 Å². The summed E-state index contributed by atoms with van der Waals surface area (Å²) in [5, 5.41) is 13.3. The maximum absolute atomic E-state index is 12.6. The molecule has 2 N–H and O–H groups in total. The molecule has 1 aromatic carbocycles. The molecule has 22 heavy (non-hydrogen) atoms. The molecule has 1 amide bonds. The number of nitrogens with one attached hydrogen (secondary N) is 1. The maximum atomic E-state index is 12.6. The van der Waals surface area contributed by atoms with Crippen molar-refractivity contribution in [1.29, 1.82) is 0 Å². The second kappa shape index (κ2) is 7.31. The second-order valence-electron chi connectivity index (χ2n) is 6.00. The Bertz CT molecular complexity index is 532. The normalized spacial score (nSPS) is 22.4. The van der Waals surface area contributed by atoms with Crippen molar-refractivity contribution in [3.8, 4) is 5.75 Å². The van der Waals surface area contributed by atoms with Gasteiger partial charge in [0.05, 0.1) is 5.56 Å². The Balaban J connectivity index is 0.00000176. The number of hydrogen-bond donors (Lipinski definition) is 2. The monoisotopic (exact) mass is 325 g/mol. The highest BCUT2D eigenvalue weighted by Gasteiger charge is 2.32. The number of phenols is 1. The lowest BCUT2D eigenvalue weighted by Crippen LogP contribution is -2.49. The van der Waals surface area contributed by atoms with E-state index in [1.807, 2.05) is 17.9 Å². The third-order valence-corrected chi connectivity index (χ3v) is 4.50. The number of rotatable bonds is 2. The second-order valence-corrected chi connectivity index (χ2v) is 6.00. The standard InChI is InChI=1S/C16H23N3O2.ClH/c1-12-2-3-15(20)14(10-12)16(21)19-7-4-13(11-19)18-8-5-17-6-9-18;/h2-3,10,13,17,20H,4-9,11H2,1H3;1H. The molecule has 2 heterocycles. The highest BCUT2D eigenvalue weighted by molar-refractivity contribution is 5.97. The molecule has 3 rings (SSSR count). The van der Waals surface area contributed by atoms with Crippen LogP contribution in [-0.2, 0) is 0 Å². The van der Waals surface area contributed by atoms with Gasteiger partial charge in [0.25, 0.3) is 5.91 Å². The van der Waals surface area contributed by atoms with Gasteiger partial charge in [-0.1, -0.05) is 11.6 Å². The molecule has 2 aliphatic heterocycles. The van der Waals surface area contributed by atoms with Crippen LogP contribution in [0.15, 0.2) is 18.2 Å². The van der Waals surface area contributed by atoms with Crippen molar-refractivity contribution in [2.45, 2.75) is 19.4 Å². The molecule has 6 heteroatoms. The molecule has 1 atom stereocenters. The summed E-state index contributed by atoms with van der Waals surface area (Å²) >= 11 is 0. The van der Waals surface area contributed by atoms with Crippen LogP contribution in [0.1, 0.15) is 22.3 Å². The zero-order valence-electron chi connectivity index (χ0n) is 12.9. The van der Waals surface area contributed by atoms with Gasteiger partial charge in [0, 0.05) is 45.3 Å². The predicted molar refractivity (Wildman–Crippen MR) is 88.8 cm³/mol. The van der Waals surface area contributed by atoms with Crippen LogP contribution in [0.3, 0.4) is 0 Å². The molecule has 0 aromatic heterocycles. The number of aromatic hydroxyl groups is 1. The summed E-state index contributed by atoms with van der Waals surface area (Å²) in [5.74, 6) is 0.0325. The van der Waals surface area contributed by atoms with Gasteiger partial charge in [0.1, 0.15) is 5.75 Å². The van der Waals surface area contributed by atoms with Crippen molar-refractivity contribution in [3.05, 3.63) is 29.3 Å². The van der Waals surface area contributed by atoms with Crippen LogP contribution < -0.4 is 5.32 Å². The topological polar surface area (TPSA) is 55.8 Å². The van der Waals surface area contributed by atoms with Gasteiger partial charge in [-0.15, -0.1) is 12.4 Å². The number of hydrogen-bond acceptors (Lipinski definition) is 4. The van der Waals surface area contributed by atoms with Crippen LogP contribution in [0.4, 0.5) is 0 Å². The number of nitrogens with zero attached hydrogens (tertiary/aromatic N) is 2. The fourth-order valence-electron chi connectivity index (χ4n) is 3.26. The lowest BCUT2D eigenvalue weighted by atomic mass is 10.1. The number of benzene rings is 1. The van der Waals surface area contributed by atoms with Crippen LogP contribution in [0.5, 0.6) is 5.75 Å². The van der Waals surface area contributed by atoms with Crippen LogP contribution in [0.25, 0.3) is 0 Å². The van der Waals surface area contributed by atoms with Crippen molar-refractivity contribution in [1.82, 2.24) is 15.1 Å². The van der Waals surface area contributed by atoms with E-state index < -0.39 is 0 Å².